The van der Waals surface area contributed by atoms with Crippen LogP contribution < -0.4 is 11.3 Å². The van der Waals surface area contributed by atoms with E-state index >= 15 is 0 Å². The molecule has 0 aliphatic carbocycles. The summed E-state index contributed by atoms with van der Waals surface area (Å²) in [5, 5.41) is 19.3. The van der Waals surface area contributed by atoms with Gasteiger partial charge >= 0.3 is 0 Å². The number of nitrogen functional groups attached to an aromatic ring is 1. The zero-order chi connectivity index (χ0) is 17.6. The molecular weight excluding hydrogens is 343 g/mol. The Bertz CT molecular complexity index is 917. The van der Waals surface area contributed by atoms with E-state index in [1.807, 2.05) is 0 Å². The number of nitrogens with one attached hydrogen (secondary N) is 1. The number of aliphatic hydroxyl groups excluding tert-OH is 2. The van der Waals surface area contributed by atoms with Crippen molar-refractivity contribution >= 4 is 28.6 Å². The van der Waals surface area contributed by atoms with E-state index in [1.165, 1.54) is 6.92 Å². The maximum absolute atomic E-state index is 14.2. The van der Waals surface area contributed by atoms with Gasteiger partial charge in [-0.25, -0.2) is 4.39 Å². The van der Waals surface area contributed by atoms with Crippen molar-refractivity contribution in [2.45, 2.75) is 30.2 Å². The van der Waals surface area contributed by atoms with Gasteiger partial charge in [0.1, 0.15) is 17.6 Å². The van der Waals surface area contributed by atoms with Crippen molar-refractivity contribution in [3.8, 4) is 11.8 Å². The first kappa shape index (κ1) is 16.7. The van der Waals surface area contributed by atoms with Crippen LogP contribution in [0.25, 0.3) is 11.0 Å². The molecule has 8 nitrogen and oxygen atoms in total. The Morgan fingerprint density at radius 1 is 1.67 bits per heavy atom. The van der Waals surface area contributed by atoms with Crippen LogP contribution in [0.15, 0.2) is 11.0 Å². The summed E-state index contributed by atoms with van der Waals surface area (Å²) in [5.41, 5.74) is 4.65. The second-order valence-electron chi connectivity index (χ2n) is 5.33. The molecule has 24 heavy (non-hydrogen) atoms. The van der Waals surface area contributed by atoms with Gasteiger partial charge in [-0.15, -0.1) is 5.92 Å². The van der Waals surface area contributed by atoms with Gasteiger partial charge in [-0.2, -0.15) is 4.98 Å². The summed E-state index contributed by atoms with van der Waals surface area (Å²) in [5.74, 6) is 4.14. The molecule has 1 aliphatic heterocycles. The predicted molar refractivity (Wildman–Crippen MR) is 83.8 cm³/mol. The third-order valence-electron chi connectivity index (χ3n) is 3.85. The lowest BCUT2D eigenvalue weighted by atomic mass is 9.99. The Balaban J connectivity index is 2.26. The van der Waals surface area contributed by atoms with Gasteiger partial charge in [0.05, 0.1) is 6.61 Å². The number of nitrogens with zero attached hydrogens (tertiary/aromatic N) is 2. The number of rotatable bonds is 2. The summed E-state index contributed by atoms with van der Waals surface area (Å²) in [7, 11) is 0. The summed E-state index contributed by atoms with van der Waals surface area (Å²) in [4.78, 5) is 16.4. The molecular formula is C14H14ClFN4O4. The van der Waals surface area contributed by atoms with E-state index < -0.39 is 41.3 Å². The summed E-state index contributed by atoms with van der Waals surface area (Å²) in [6, 6.07) is 0. The van der Waals surface area contributed by atoms with Crippen molar-refractivity contribution in [3.63, 3.8) is 0 Å². The zero-order valence-electron chi connectivity index (χ0n) is 12.5. The first-order valence-electron chi connectivity index (χ1n) is 6.96. The van der Waals surface area contributed by atoms with Crippen molar-refractivity contribution in [1.29, 1.82) is 0 Å². The topological polar surface area (TPSA) is 126 Å². The van der Waals surface area contributed by atoms with Gasteiger partial charge in [0, 0.05) is 6.20 Å². The molecule has 1 fully saturated rings. The summed E-state index contributed by atoms with van der Waals surface area (Å²) >= 11 is 6.44. The normalized spacial score (nSPS) is 29.6. The van der Waals surface area contributed by atoms with Gasteiger partial charge in [-0.3, -0.25) is 14.3 Å². The van der Waals surface area contributed by atoms with Crippen molar-refractivity contribution in [2.24, 2.45) is 0 Å². The highest BCUT2D eigenvalue weighted by Gasteiger charge is 2.56. The molecule has 4 atom stereocenters. The van der Waals surface area contributed by atoms with Gasteiger partial charge in [-0.05, 0) is 6.92 Å². The lowest BCUT2D eigenvalue weighted by Gasteiger charge is -2.25. The fourth-order valence-electron chi connectivity index (χ4n) is 2.80. The van der Waals surface area contributed by atoms with E-state index in [2.05, 4.69) is 21.8 Å². The predicted octanol–water partition coefficient (Wildman–Crippen LogP) is -0.303. The van der Waals surface area contributed by atoms with Crippen LogP contribution in [-0.4, -0.2) is 48.4 Å². The summed E-state index contributed by atoms with van der Waals surface area (Å²) in [6.07, 6.45) is -2.60. The highest BCUT2D eigenvalue weighted by atomic mass is 35.5. The number of nitrogens with two attached hydrogens (primary N) is 1. The average Bonchev–Trinajstić information content (AvgIpc) is 2.96. The lowest BCUT2D eigenvalue weighted by Crippen LogP contribution is -2.41. The first-order chi connectivity index (χ1) is 11.3. The third-order valence-corrected chi connectivity index (χ3v) is 4.35. The fraction of sp³-hybridized carbons (Fsp3) is 0.429. The SMILES string of the molecule is CC#CC1(Cl)C(O)C(CO)OC1n1cc(F)c2c(=O)[nH]c(N)nc21. The number of alkyl halides is 1. The fourth-order valence-corrected chi connectivity index (χ4v) is 3.19. The highest BCUT2D eigenvalue weighted by molar-refractivity contribution is 6.27. The molecule has 3 rings (SSSR count). The zero-order valence-corrected chi connectivity index (χ0v) is 13.2. The van der Waals surface area contributed by atoms with E-state index in [1.54, 1.807) is 0 Å². The number of aromatic amines is 1. The number of anilines is 1. The third kappa shape index (κ3) is 2.27. The van der Waals surface area contributed by atoms with Gasteiger partial charge < -0.3 is 20.7 Å². The molecule has 0 radical (unpaired) electrons. The maximum atomic E-state index is 14.2. The minimum absolute atomic E-state index is 0.104. The Morgan fingerprint density at radius 2 is 2.38 bits per heavy atom. The first-order valence-corrected chi connectivity index (χ1v) is 7.34. The molecule has 1 aliphatic rings. The minimum Gasteiger partial charge on any atom is -0.394 e. The smallest absolute Gasteiger partial charge is 0.264 e. The van der Waals surface area contributed by atoms with Gasteiger partial charge in [0.2, 0.25) is 5.95 Å². The minimum atomic E-state index is -1.67. The molecule has 0 saturated carbocycles. The molecule has 0 spiro atoms. The molecule has 0 aromatic carbocycles. The number of halogens is 2. The van der Waals surface area contributed by atoms with Crippen LogP contribution in [0, 0.1) is 17.7 Å². The molecule has 2 aromatic rings. The Kier molecular flexibility index (Phi) is 4.01. The number of fused-ring (bicyclic) bond motifs is 1. The van der Waals surface area contributed by atoms with E-state index in [-0.39, 0.29) is 17.0 Å². The summed E-state index contributed by atoms with van der Waals surface area (Å²) < 4.78 is 20.9. The van der Waals surface area contributed by atoms with E-state index in [0.717, 1.165) is 10.8 Å². The molecule has 1 saturated heterocycles. The second kappa shape index (κ2) is 5.75. The molecule has 0 bridgehead atoms. The van der Waals surface area contributed by atoms with Gasteiger partial charge in [-0.1, -0.05) is 17.5 Å². The average molecular weight is 357 g/mol. The number of aromatic nitrogens is 3. The molecule has 5 N–H and O–H groups in total. The Morgan fingerprint density at radius 3 is 3.00 bits per heavy atom. The number of ether oxygens (including phenoxy) is 1. The quantitative estimate of drug-likeness (QED) is 0.432. The van der Waals surface area contributed by atoms with Crippen LogP contribution in [0.3, 0.4) is 0 Å². The monoisotopic (exact) mass is 356 g/mol. The van der Waals surface area contributed by atoms with E-state index in [0.29, 0.717) is 0 Å². The van der Waals surface area contributed by atoms with Gasteiger partial charge in [0.15, 0.2) is 22.6 Å². The molecule has 3 heterocycles. The van der Waals surface area contributed by atoms with Crippen LogP contribution in [0.1, 0.15) is 13.2 Å². The molecule has 4 unspecified atom stereocenters. The number of hydrogen-bond acceptors (Lipinski definition) is 6. The van der Waals surface area contributed by atoms with Crippen molar-refractivity contribution in [1.82, 2.24) is 14.5 Å². The van der Waals surface area contributed by atoms with Crippen LogP contribution in [0.4, 0.5) is 10.3 Å². The Hall–Kier alpha value is -2.12. The van der Waals surface area contributed by atoms with Crippen LogP contribution in [-0.2, 0) is 4.74 Å². The Labute approximate surface area is 140 Å². The summed E-state index contributed by atoms with van der Waals surface area (Å²) in [6.45, 7) is 0.991. The maximum Gasteiger partial charge on any atom is 0.264 e. The lowest BCUT2D eigenvalue weighted by molar-refractivity contribution is -0.0436. The van der Waals surface area contributed by atoms with Crippen molar-refractivity contribution in [3.05, 3.63) is 22.4 Å². The molecule has 0 amide bonds. The molecule has 10 heteroatoms. The van der Waals surface area contributed by atoms with E-state index in [9.17, 15) is 19.4 Å². The number of hydrogen-bond donors (Lipinski definition) is 4. The van der Waals surface area contributed by atoms with Crippen molar-refractivity contribution < 1.29 is 19.3 Å². The van der Waals surface area contributed by atoms with E-state index in [4.69, 9.17) is 22.1 Å². The van der Waals surface area contributed by atoms with Crippen molar-refractivity contribution in [2.75, 3.05) is 12.3 Å². The largest absolute Gasteiger partial charge is 0.394 e. The van der Waals surface area contributed by atoms with Gasteiger partial charge in [0.25, 0.3) is 5.56 Å². The second-order valence-corrected chi connectivity index (χ2v) is 5.96. The number of H-pyrrole nitrogens is 1. The van der Waals surface area contributed by atoms with Crippen LogP contribution >= 0.6 is 11.6 Å². The molecule has 2 aromatic heterocycles. The number of aliphatic hydroxyl groups is 2. The standard InChI is InChI=1S/C14H14ClFN4O4/c1-2-3-14(15)9(22)7(5-21)24-12(14)20-4-6(16)8-10(20)18-13(17)19-11(8)23/h4,7,9,12,21-22H,5H2,1H3,(H3,17,18,19,23). The van der Waals surface area contributed by atoms with Crippen LogP contribution in [0.2, 0.25) is 0 Å². The van der Waals surface area contributed by atoms with Crippen LogP contribution in [0.5, 0.6) is 0 Å². The molecule has 128 valence electrons. The highest BCUT2D eigenvalue weighted by Crippen LogP contribution is 2.44.